The Morgan fingerprint density at radius 1 is 1.47 bits per heavy atom. The van der Waals surface area contributed by atoms with Crippen LogP contribution in [0.4, 0.5) is 5.69 Å². The normalized spacial score (nSPS) is 10.6. The smallest absolute Gasteiger partial charge is 0.270 e. The molecule has 0 fully saturated rings. The molecule has 0 radical (unpaired) electrons. The molecule has 80 valence electrons. The van der Waals surface area contributed by atoms with Crippen molar-refractivity contribution < 1.29 is 4.92 Å². The summed E-state index contributed by atoms with van der Waals surface area (Å²) in [7, 11) is 3.82. The van der Waals surface area contributed by atoms with Gasteiger partial charge in [-0.3, -0.25) is 10.1 Å². The highest BCUT2D eigenvalue weighted by molar-refractivity contribution is 9.10. The molecule has 0 heterocycles. The van der Waals surface area contributed by atoms with Crippen LogP contribution in [0.3, 0.4) is 0 Å². The Kier molecular flexibility index (Phi) is 3.85. The van der Waals surface area contributed by atoms with Gasteiger partial charge in [0.15, 0.2) is 0 Å². The number of nitro groups is 1. The third-order valence-corrected chi connectivity index (χ3v) is 2.43. The average Bonchev–Trinajstić information content (AvgIpc) is 2.15. The minimum absolute atomic E-state index is 0.0869. The number of nitrogens with zero attached hydrogens (tertiary/aromatic N) is 2. The van der Waals surface area contributed by atoms with Crippen LogP contribution in [-0.4, -0.2) is 23.9 Å². The lowest BCUT2D eigenvalue weighted by Crippen LogP contribution is -1.99. The molecule has 1 aromatic carbocycles. The first-order valence-electron chi connectivity index (χ1n) is 4.29. The molecule has 0 spiro atoms. The number of benzene rings is 1. The minimum Gasteiger partial charge on any atom is -0.383 e. The number of hydrogen-bond acceptors (Lipinski definition) is 3. The fourth-order valence-corrected chi connectivity index (χ4v) is 1.49. The molecule has 0 bridgehead atoms. The zero-order valence-electron chi connectivity index (χ0n) is 8.48. The SMILES string of the molecule is CN(C)C=Cc1ccc([N+](=O)[O-])cc1Br. The first-order chi connectivity index (χ1) is 7.00. The molecule has 0 aromatic heterocycles. The predicted octanol–water partition coefficient (Wildman–Crippen LogP) is 2.89. The standard InChI is InChI=1S/C10H11BrN2O2/c1-12(2)6-5-8-3-4-9(13(14)15)7-10(8)11/h3-7H,1-2H3. The van der Waals surface area contributed by atoms with Gasteiger partial charge >= 0.3 is 0 Å². The van der Waals surface area contributed by atoms with E-state index in [9.17, 15) is 10.1 Å². The molecule has 0 aliphatic rings. The Balaban J connectivity index is 2.98. The molecule has 0 amide bonds. The number of non-ortho nitro benzene ring substituents is 1. The average molecular weight is 271 g/mol. The summed E-state index contributed by atoms with van der Waals surface area (Å²) in [6.45, 7) is 0. The Morgan fingerprint density at radius 3 is 2.60 bits per heavy atom. The van der Waals surface area contributed by atoms with Crippen LogP contribution in [0, 0.1) is 10.1 Å². The summed E-state index contributed by atoms with van der Waals surface area (Å²) in [4.78, 5) is 12.0. The molecule has 0 atom stereocenters. The molecule has 5 heteroatoms. The van der Waals surface area contributed by atoms with Gasteiger partial charge in [0.2, 0.25) is 0 Å². The van der Waals surface area contributed by atoms with E-state index in [1.165, 1.54) is 12.1 Å². The van der Waals surface area contributed by atoms with Crippen molar-refractivity contribution in [1.82, 2.24) is 4.90 Å². The van der Waals surface area contributed by atoms with E-state index in [0.29, 0.717) is 0 Å². The Bertz CT molecular complexity index is 402. The second-order valence-corrected chi connectivity index (χ2v) is 4.10. The lowest BCUT2D eigenvalue weighted by Gasteiger charge is -2.04. The second-order valence-electron chi connectivity index (χ2n) is 3.24. The van der Waals surface area contributed by atoms with E-state index >= 15 is 0 Å². The Morgan fingerprint density at radius 2 is 2.13 bits per heavy atom. The molecular formula is C10H11BrN2O2. The summed E-state index contributed by atoms with van der Waals surface area (Å²) in [6.07, 6.45) is 3.76. The molecule has 0 saturated carbocycles. The van der Waals surface area contributed by atoms with Crippen LogP contribution >= 0.6 is 15.9 Å². The van der Waals surface area contributed by atoms with E-state index in [4.69, 9.17) is 0 Å². The van der Waals surface area contributed by atoms with Gasteiger partial charge in [-0.25, -0.2) is 0 Å². The van der Waals surface area contributed by atoms with Crippen LogP contribution in [-0.2, 0) is 0 Å². The molecule has 0 unspecified atom stereocenters. The van der Waals surface area contributed by atoms with E-state index in [0.717, 1.165) is 10.0 Å². The lowest BCUT2D eigenvalue weighted by molar-refractivity contribution is -0.384. The van der Waals surface area contributed by atoms with Crippen molar-refractivity contribution in [2.24, 2.45) is 0 Å². The fourth-order valence-electron chi connectivity index (χ4n) is 0.994. The van der Waals surface area contributed by atoms with Crippen molar-refractivity contribution >= 4 is 27.7 Å². The van der Waals surface area contributed by atoms with Crippen LogP contribution in [0.5, 0.6) is 0 Å². The van der Waals surface area contributed by atoms with Gasteiger partial charge in [-0.15, -0.1) is 0 Å². The van der Waals surface area contributed by atoms with Crippen molar-refractivity contribution in [3.8, 4) is 0 Å². The largest absolute Gasteiger partial charge is 0.383 e. The van der Waals surface area contributed by atoms with Crippen LogP contribution in [0.2, 0.25) is 0 Å². The number of hydrogen-bond donors (Lipinski definition) is 0. The highest BCUT2D eigenvalue weighted by Crippen LogP contribution is 2.23. The predicted molar refractivity (Wildman–Crippen MR) is 63.5 cm³/mol. The maximum atomic E-state index is 10.5. The van der Waals surface area contributed by atoms with Crippen molar-refractivity contribution in [3.05, 3.63) is 44.5 Å². The second kappa shape index (κ2) is 4.93. The summed E-state index contributed by atoms with van der Waals surface area (Å²) < 4.78 is 0.717. The van der Waals surface area contributed by atoms with Gasteiger partial charge in [-0.1, -0.05) is 0 Å². The monoisotopic (exact) mass is 270 g/mol. The number of halogens is 1. The van der Waals surface area contributed by atoms with Crippen molar-refractivity contribution in [1.29, 1.82) is 0 Å². The van der Waals surface area contributed by atoms with Gasteiger partial charge in [0, 0.05) is 30.7 Å². The van der Waals surface area contributed by atoms with E-state index < -0.39 is 4.92 Å². The zero-order valence-corrected chi connectivity index (χ0v) is 10.1. The summed E-state index contributed by atoms with van der Waals surface area (Å²) in [5, 5.41) is 10.5. The van der Waals surface area contributed by atoms with Gasteiger partial charge in [0.05, 0.1) is 4.92 Å². The Labute approximate surface area is 96.5 Å². The molecule has 0 N–H and O–H groups in total. The van der Waals surface area contributed by atoms with E-state index in [1.807, 2.05) is 31.3 Å². The molecule has 1 rings (SSSR count). The minimum atomic E-state index is -0.412. The quantitative estimate of drug-likeness (QED) is 0.627. The molecule has 0 aliphatic carbocycles. The first kappa shape index (κ1) is 11.7. The zero-order chi connectivity index (χ0) is 11.4. The van der Waals surface area contributed by atoms with Crippen LogP contribution < -0.4 is 0 Å². The highest BCUT2D eigenvalue weighted by Gasteiger charge is 2.06. The van der Waals surface area contributed by atoms with E-state index in [1.54, 1.807) is 6.07 Å². The molecule has 4 nitrogen and oxygen atoms in total. The van der Waals surface area contributed by atoms with Gasteiger partial charge in [-0.05, 0) is 39.8 Å². The topological polar surface area (TPSA) is 46.4 Å². The van der Waals surface area contributed by atoms with Gasteiger partial charge in [0.1, 0.15) is 0 Å². The molecule has 1 aromatic rings. The Hall–Kier alpha value is -1.36. The summed E-state index contributed by atoms with van der Waals surface area (Å²) in [5.41, 5.74) is 0.998. The summed E-state index contributed by atoms with van der Waals surface area (Å²) in [5.74, 6) is 0. The summed E-state index contributed by atoms with van der Waals surface area (Å²) >= 11 is 3.29. The summed E-state index contributed by atoms with van der Waals surface area (Å²) in [6, 6.07) is 4.69. The van der Waals surface area contributed by atoms with E-state index in [-0.39, 0.29) is 5.69 Å². The van der Waals surface area contributed by atoms with Gasteiger partial charge < -0.3 is 4.90 Å². The number of rotatable bonds is 3. The van der Waals surface area contributed by atoms with Crippen molar-refractivity contribution in [2.45, 2.75) is 0 Å². The molecule has 15 heavy (non-hydrogen) atoms. The molecule has 0 aliphatic heterocycles. The van der Waals surface area contributed by atoms with Crippen LogP contribution in [0.1, 0.15) is 5.56 Å². The highest BCUT2D eigenvalue weighted by atomic mass is 79.9. The molecular weight excluding hydrogens is 260 g/mol. The van der Waals surface area contributed by atoms with E-state index in [2.05, 4.69) is 15.9 Å². The fraction of sp³-hybridized carbons (Fsp3) is 0.200. The van der Waals surface area contributed by atoms with Crippen molar-refractivity contribution in [2.75, 3.05) is 14.1 Å². The van der Waals surface area contributed by atoms with Gasteiger partial charge in [-0.2, -0.15) is 0 Å². The maximum Gasteiger partial charge on any atom is 0.270 e. The van der Waals surface area contributed by atoms with Crippen molar-refractivity contribution in [3.63, 3.8) is 0 Å². The van der Waals surface area contributed by atoms with Crippen LogP contribution in [0.15, 0.2) is 28.9 Å². The third-order valence-electron chi connectivity index (χ3n) is 1.75. The van der Waals surface area contributed by atoms with Crippen LogP contribution in [0.25, 0.3) is 6.08 Å². The first-order valence-corrected chi connectivity index (χ1v) is 5.08. The molecule has 0 saturated heterocycles. The number of nitro benzene ring substituents is 1. The lowest BCUT2D eigenvalue weighted by atomic mass is 10.2. The third kappa shape index (κ3) is 3.36. The maximum absolute atomic E-state index is 10.5. The van der Waals surface area contributed by atoms with Gasteiger partial charge in [0.25, 0.3) is 5.69 Å².